The molecule has 2 aromatic carbocycles. The quantitative estimate of drug-likeness (QED) is 0.737. The third-order valence-corrected chi connectivity index (χ3v) is 1.93. The summed E-state index contributed by atoms with van der Waals surface area (Å²) < 4.78 is 0. The Morgan fingerprint density at radius 2 is 1.31 bits per heavy atom. The molecule has 78 valence electrons. The minimum atomic E-state index is 0. The summed E-state index contributed by atoms with van der Waals surface area (Å²) >= 11 is 0. The van der Waals surface area contributed by atoms with E-state index in [0.717, 1.165) is 6.42 Å². The Morgan fingerprint density at radius 3 is 1.62 bits per heavy atom. The molecule has 0 nitrogen and oxygen atoms in total. The SMILES string of the molecule is [CH2-]C.[Y+3].[c-]1ccccc1Cc1[c-]cccc1. The zero-order chi connectivity index (χ0) is 10.9. The van der Waals surface area contributed by atoms with Crippen molar-refractivity contribution in [3.8, 4) is 0 Å². The minimum Gasteiger partial charge on any atom is -0.346 e. The summed E-state index contributed by atoms with van der Waals surface area (Å²) in [6.07, 6.45) is 0.918. The van der Waals surface area contributed by atoms with Gasteiger partial charge in [-0.3, -0.25) is 0 Å². The maximum absolute atomic E-state index is 3.25. The van der Waals surface area contributed by atoms with Crippen LogP contribution in [0.2, 0.25) is 0 Å². The van der Waals surface area contributed by atoms with Gasteiger partial charge in [-0.25, -0.2) is 0 Å². The molecule has 16 heavy (non-hydrogen) atoms. The normalized spacial score (nSPS) is 8.38. The van der Waals surface area contributed by atoms with Crippen molar-refractivity contribution in [3.63, 3.8) is 0 Å². The van der Waals surface area contributed by atoms with Crippen LogP contribution in [0.25, 0.3) is 0 Å². The summed E-state index contributed by atoms with van der Waals surface area (Å²) in [5.74, 6) is 0. The second kappa shape index (κ2) is 9.75. The van der Waals surface area contributed by atoms with Crippen molar-refractivity contribution in [1.82, 2.24) is 0 Å². The summed E-state index contributed by atoms with van der Waals surface area (Å²) in [5.41, 5.74) is 2.43. The van der Waals surface area contributed by atoms with E-state index in [-0.39, 0.29) is 32.7 Å². The van der Waals surface area contributed by atoms with E-state index >= 15 is 0 Å². The summed E-state index contributed by atoms with van der Waals surface area (Å²) in [7, 11) is 0. The van der Waals surface area contributed by atoms with Crippen molar-refractivity contribution < 1.29 is 32.7 Å². The molecule has 0 atom stereocenters. The second-order valence-corrected chi connectivity index (χ2v) is 2.95. The molecule has 0 bridgehead atoms. The van der Waals surface area contributed by atoms with Crippen LogP contribution in [0, 0.1) is 19.1 Å². The molecule has 0 saturated carbocycles. The van der Waals surface area contributed by atoms with E-state index in [2.05, 4.69) is 31.2 Å². The van der Waals surface area contributed by atoms with Gasteiger partial charge in [0, 0.05) is 0 Å². The van der Waals surface area contributed by atoms with Crippen molar-refractivity contribution in [2.75, 3.05) is 0 Å². The Hall–Kier alpha value is -0.456. The van der Waals surface area contributed by atoms with Crippen molar-refractivity contribution >= 4 is 0 Å². The van der Waals surface area contributed by atoms with Crippen molar-refractivity contribution in [2.45, 2.75) is 13.3 Å². The fourth-order valence-electron chi connectivity index (χ4n) is 1.29. The molecule has 0 heterocycles. The topological polar surface area (TPSA) is 0 Å². The van der Waals surface area contributed by atoms with E-state index in [9.17, 15) is 0 Å². The number of benzene rings is 2. The first-order valence-corrected chi connectivity index (χ1v) is 5.07. The molecule has 0 fully saturated rings. The van der Waals surface area contributed by atoms with Crippen LogP contribution in [-0.2, 0) is 39.1 Å². The maximum Gasteiger partial charge on any atom is 3.00 e. The standard InChI is InChI=1S/C13H10.C2H5.Y/c1-3-7-12(8-4-1)11-13-9-5-2-6-10-13;1-2;/h1-7,9H,11H2;1H2,2H3;/q-2;-1;+3. The molecule has 0 radical (unpaired) electrons. The first-order chi connectivity index (χ1) is 7.45. The van der Waals surface area contributed by atoms with Gasteiger partial charge in [0.15, 0.2) is 0 Å². The first kappa shape index (κ1) is 15.5. The molecule has 2 rings (SSSR count). The van der Waals surface area contributed by atoms with E-state index < -0.39 is 0 Å². The van der Waals surface area contributed by atoms with Crippen LogP contribution in [0.3, 0.4) is 0 Å². The summed E-state index contributed by atoms with van der Waals surface area (Å²) in [6.45, 7) is 5.00. The first-order valence-electron chi connectivity index (χ1n) is 5.07. The molecule has 0 aliphatic carbocycles. The van der Waals surface area contributed by atoms with Gasteiger partial charge in [-0.1, -0.05) is 0 Å². The number of rotatable bonds is 2. The molecular formula is C15H15Y. The molecular weight excluding hydrogens is 269 g/mol. The van der Waals surface area contributed by atoms with E-state index in [4.69, 9.17) is 0 Å². The van der Waals surface area contributed by atoms with E-state index in [1.54, 1.807) is 6.92 Å². The van der Waals surface area contributed by atoms with Gasteiger partial charge in [0.25, 0.3) is 0 Å². The fourth-order valence-corrected chi connectivity index (χ4v) is 1.29. The average molecular weight is 284 g/mol. The van der Waals surface area contributed by atoms with Gasteiger partial charge in [-0.15, -0.1) is 0 Å². The Balaban J connectivity index is 0.000000711. The molecule has 0 saturated heterocycles. The van der Waals surface area contributed by atoms with Gasteiger partial charge >= 0.3 is 32.7 Å². The Labute approximate surface area is 124 Å². The van der Waals surface area contributed by atoms with Crippen molar-refractivity contribution in [1.29, 1.82) is 0 Å². The van der Waals surface area contributed by atoms with Crippen molar-refractivity contribution in [2.24, 2.45) is 0 Å². The molecule has 0 unspecified atom stereocenters. The predicted molar refractivity (Wildman–Crippen MR) is 64.4 cm³/mol. The molecule has 0 N–H and O–H groups in total. The molecule has 2 aromatic rings. The van der Waals surface area contributed by atoms with Crippen LogP contribution >= 0.6 is 0 Å². The molecule has 0 aliphatic heterocycles. The zero-order valence-corrected chi connectivity index (χ0v) is 12.4. The fraction of sp³-hybridized carbons (Fsp3) is 0.133. The third kappa shape index (κ3) is 5.58. The summed E-state index contributed by atoms with van der Waals surface area (Å²) in [6, 6.07) is 22.5. The second-order valence-electron chi connectivity index (χ2n) is 2.95. The van der Waals surface area contributed by atoms with Gasteiger partial charge in [0.2, 0.25) is 0 Å². The molecule has 0 aliphatic rings. The Morgan fingerprint density at radius 1 is 0.875 bits per heavy atom. The van der Waals surface area contributed by atoms with Gasteiger partial charge in [-0.2, -0.15) is 78.7 Å². The summed E-state index contributed by atoms with van der Waals surface area (Å²) in [4.78, 5) is 0. The van der Waals surface area contributed by atoms with Gasteiger partial charge in [0.05, 0.1) is 0 Å². The van der Waals surface area contributed by atoms with Gasteiger partial charge < -0.3 is 6.92 Å². The van der Waals surface area contributed by atoms with E-state index in [1.165, 1.54) is 11.1 Å². The predicted octanol–water partition coefficient (Wildman–Crippen LogP) is 3.72. The van der Waals surface area contributed by atoms with E-state index in [0.29, 0.717) is 0 Å². The van der Waals surface area contributed by atoms with Crippen LogP contribution < -0.4 is 0 Å². The third-order valence-electron chi connectivity index (χ3n) is 1.93. The molecule has 0 amide bonds. The Kier molecular flexibility index (Phi) is 9.47. The smallest absolute Gasteiger partial charge is 0.346 e. The zero-order valence-electron chi connectivity index (χ0n) is 9.61. The molecule has 0 spiro atoms. The molecule has 1 heteroatoms. The average Bonchev–Trinajstić information content (AvgIpc) is 2.34. The Bertz CT molecular complexity index is 316. The number of hydrogen-bond donors (Lipinski definition) is 0. The number of hydrogen-bond acceptors (Lipinski definition) is 0. The van der Waals surface area contributed by atoms with Crippen LogP contribution in [0.15, 0.2) is 48.5 Å². The largest absolute Gasteiger partial charge is 3.00 e. The monoisotopic (exact) mass is 284 g/mol. The van der Waals surface area contributed by atoms with Crippen LogP contribution in [0.5, 0.6) is 0 Å². The summed E-state index contributed by atoms with van der Waals surface area (Å²) in [5, 5.41) is 0. The maximum atomic E-state index is 3.25. The van der Waals surface area contributed by atoms with Crippen LogP contribution in [0.1, 0.15) is 18.1 Å². The van der Waals surface area contributed by atoms with Crippen LogP contribution in [-0.4, -0.2) is 0 Å². The molecule has 0 aromatic heterocycles. The van der Waals surface area contributed by atoms with Gasteiger partial charge in [-0.05, 0) is 6.42 Å². The van der Waals surface area contributed by atoms with E-state index in [1.807, 2.05) is 36.4 Å². The van der Waals surface area contributed by atoms with Crippen molar-refractivity contribution in [3.05, 3.63) is 78.7 Å². The van der Waals surface area contributed by atoms with Crippen LogP contribution in [0.4, 0.5) is 0 Å². The minimum absolute atomic E-state index is 0. The van der Waals surface area contributed by atoms with Gasteiger partial charge in [0.1, 0.15) is 0 Å².